The van der Waals surface area contributed by atoms with E-state index in [1.807, 2.05) is 0 Å². The molecule has 72 valence electrons. The fraction of sp³-hybridized carbons (Fsp3) is 0.800. The van der Waals surface area contributed by atoms with Crippen molar-refractivity contribution in [2.24, 2.45) is 17.8 Å². The number of ether oxygens (including phenoxy) is 1. The van der Waals surface area contributed by atoms with E-state index in [0.717, 1.165) is 19.3 Å². The molecule has 2 aliphatic rings. The highest BCUT2D eigenvalue weighted by atomic mass is 16.5. The van der Waals surface area contributed by atoms with Gasteiger partial charge in [-0.1, -0.05) is 0 Å². The molecule has 0 aromatic carbocycles. The smallest absolute Gasteiger partial charge is 0.302 e. The first-order chi connectivity index (χ1) is 6.16. The van der Waals surface area contributed by atoms with E-state index in [4.69, 9.17) is 4.74 Å². The standard InChI is InChI=1S/C10H14O3/c1-6(11)13-5-8-2-7-3-9(8)10(12)4-7/h7-9H,2-5H2,1H3. The number of rotatable bonds is 2. The lowest BCUT2D eigenvalue weighted by Gasteiger charge is -2.19. The number of Topliss-reactive ketones (excluding diaryl/α,β-unsaturated/α-hetero) is 1. The second kappa shape index (κ2) is 3.13. The van der Waals surface area contributed by atoms with Gasteiger partial charge in [-0.15, -0.1) is 0 Å². The molecule has 0 spiro atoms. The van der Waals surface area contributed by atoms with Gasteiger partial charge in [-0.3, -0.25) is 9.59 Å². The van der Waals surface area contributed by atoms with Crippen molar-refractivity contribution < 1.29 is 14.3 Å². The van der Waals surface area contributed by atoms with E-state index < -0.39 is 0 Å². The number of esters is 1. The van der Waals surface area contributed by atoms with Crippen LogP contribution < -0.4 is 0 Å². The highest BCUT2D eigenvalue weighted by molar-refractivity contribution is 5.84. The van der Waals surface area contributed by atoms with Crippen molar-refractivity contribution in [1.29, 1.82) is 0 Å². The molecule has 3 heteroatoms. The zero-order valence-corrected chi connectivity index (χ0v) is 7.79. The number of carbonyl (C=O) groups excluding carboxylic acids is 2. The van der Waals surface area contributed by atoms with E-state index in [1.165, 1.54) is 6.92 Å². The Morgan fingerprint density at radius 1 is 1.54 bits per heavy atom. The summed E-state index contributed by atoms with van der Waals surface area (Å²) in [6, 6.07) is 0. The molecule has 0 heterocycles. The normalized spacial score (nSPS) is 36.7. The molecule has 0 aromatic heterocycles. The van der Waals surface area contributed by atoms with Crippen LogP contribution >= 0.6 is 0 Å². The Kier molecular flexibility index (Phi) is 2.10. The van der Waals surface area contributed by atoms with Gasteiger partial charge in [0.1, 0.15) is 5.78 Å². The molecule has 3 atom stereocenters. The highest BCUT2D eigenvalue weighted by Crippen LogP contribution is 2.46. The lowest BCUT2D eigenvalue weighted by molar-refractivity contribution is -0.144. The quantitative estimate of drug-likeness (QED) is 0.602. The number of ketones is 1. The summed E-state index contributed by atoms with van der Waals surface area (Å²) in [5, 5.41) is 0. The van der Waals surface area contributed by atoms with Crippen molar-refractivity contribution in [2.75, 3.05) is 6.61 Å². The zero-order chi connectivity index (χ0) is 9.42. The van der Waals surface area contributed by atoms with Gasteiger partial charge in [0.15, 0.2) is 0 Å². The molecule has 0 N–H and O–H groups in total. The first-order valence-electron chi connectivity index (χ1n) is 4.83. The molecule has 13 heavy (non-hydrogen) atoms. The third-order valence-corrected chi connectivity index (χ3v) is 3.20. The third kappa shape index (κ3) is 1.60. The van der Waals surface area contributed by atoms with E-state index in [2.05, 4.69) is 0 Å². The van der Waals surface area contributed by atoms with E-state index >= 15 is 0 Å². The number of hydrogen-bond donors (Lipinski definition) is 0. The van der Waals surface area contributed by atoms with Gasteiger partial charge in [-0.05, 0) is 18.8 Å². The summed E-state index contributed by atoms with van der Waals surface area (Å²) in [5.74, 6) is 1.24. The van der Waals surface area contributed by atoms with E-state index in [0.29, 0.717) is 24.2 Å². The molecule has 0 saturated heterocycles. The molecule has 0 aliphatic heterocycles. The first kappa shape index (κ1) is 8.73. The summed E-state index contributed by atoms with van der Waals surface area (Å²) >= 11 is 0. The molecule has 3 unspecified atom stereocenters. The largest absolute Gasteiger partial charge is 0.466 e. The monoisotopic (exact) mass is 182 g/mol. The molecule has 0 amide bonds. The Hall–Kier alpha value is -0.860. The predicted octanol–water partition coefficient (Wildman–Crippen LogP) is 1.16. The van der Waals surface area contributed by atoms with Crippen molar-refractivity contribution in [1.82, 2.24) is 0 Å². The zero-order valence-electron chi connectivity index (χ0n) is 7.79. The molecule has 2 saturated carbocycles. The molecule has 0 radical (unpaired) electrons. The van der Waals surface area contributed by atoms with Crippen LogP contribution in [-0.4, -0.2) is 18.4 Å². The third-order valence-electron chi connectivity index (χ3n) is 3.20. The van der Waals surface area contributed by atoms with Crippen LogP contribution in [0.2, 0.25) is 0 Å². The Bertz CT molecular complexity index is 247. The van der Waals surface area contributed by atoms with Gasteiger partial charge in [0, 0.05) is 25.2 Å². The minimum Gasteiger partial charge on any atom is -0.466 e. The molecule has 2 fully saturated rings. The maximum absolute atomic E-state index is 11.4. The highest BCUT2D eigenvalue weighted by Gasteiger charge is 2.45. The predicted molar refractivity (Wildman–Crippen MR) is 46.0 cm³/mol. The SMILES string of the molecule is CC(=O)OCC1CC2CC(=O)C1C2. The van der Waals surface area contributed by atoms with Crippen molar-refractivity contribution >= 4 is 11.8 Å². The Morgan fingerprint density at radius 3 is 2.85 bits per heavy atom. The van der Waals surface area contributed by atoms with E-state index in [9.17, 15) is 9.59 Å². The molecule has 2 bridgehead atoms. The lowest BCUT2D eigenvalue weighted by Crippen LogP contribution is -2.24. The van der Waals surface area contributed by atoms with Crippen LogP contribution in [0.15, 0.2) is 0 Å². The summed E-state index contributed by atoms with van der Waals surface area (Å²) in [7, 11) is 0. The van der Waals surface area contributed by atoms with Crippen molar-refractivity contribution in [2.45, 2.75) is 26.2 Å². The van der Waals surface area contributed by atoms with Crippen molar-refractivity contribution in [3.63, 3.8) is 0 Å². The Morgan fingerprint density at radius 2 is 2.31 bits per heavy atom. The lowest BCUT2D eigenvalue weighted by atomic mass is 9.88. The first-order valence-corrected chi connectivity index (χ1v) is 4.83. The maximum Gasteiger partial charge on any atom is 0.302 e. The number of hydrogen-bond acceptors (Lipinski definition) is 3. The second-order valence-corrected chi connectivity index (χ2v) is 4.18. The van der Waals surface area contributed by atoms with Crippen LogP contribution in [0.4, 0.5) is 0 Å². The van der Waals surface area contributed by atoms with Gasteiger partial charge in [-0.2, -0.15) is 0 Å². The average Bonchev–Trinajstić information content (AvgIpc) is 2.58. The van der Waals surface area contributed by atoms with Crippen molar-refractivity contribution in [3.8, 4) is 0 Å². The molecular weight excluding hydrogens is 168 g/mol. The van der Waals surface area contributed by atoms with Crippen LogP contribution in [0.1, 0.15) is 26.2 Å². The van der Waals surface area contributed by atoms with Gasteiger partial charge in [0.05, 0.1) is 6.61 Å². The Labute approximate surface area is 77.4 Å². The van der Waals surface area contributed by atoms with Gasteiger partial charge in [0.2, 0.25) is 0 Å². The summed E-state index contributed by atoms with van der Waals surface area (Å²) in [5.41, 5.74) is 0. The minimum absolute atomic E-state index is 0.198. The fourth-order valence-corrected chi connectivity index (χ4v) is 2.65. The molecule has 2 rings (SSSR count). The van der Waals surface area contributed by atoms with Crippen LogP contribution in [0.3, 0.4) is 0 Å². The van der Waals surface area contributed by atoms with Gasteiger partial charge < -0.3 is 4.74 Å². The Balaban J connectivity index is 1.89. The number of carbonyl (C=O) groups is 2. The fourth-order valence-electron chi connectivity index (χ4n) is 2.65. The van der Waals surface area contributed by atoms with E-state index in [1.54, 1.807) is 0 Å². The summed E-state index contributed by atoms with van der Waals surface area (Å²) < 4.78 is 4.94. The van der Waals surface area contributed by atoms with E-state index in [-0.39, 0.29) is 11.9 Å². The summed E-state index contributed by atoms with van der Waals surface area (Å²) in [6.07, 6.45) is 2.87. The second-order valence-electron chi connectivity index (χ2n) is 4.18. The van der Waals surface area contributed by atoms with Gasteiger partial charge in [0.25, 0.3) is 0 Å². The molecule has 0 aromatic rings. The van der Waals surface area contributed by atoms with Gasteiger partial charge >= 0.3 is 5.97 Å². The summed E-state index contributed by atoms with van der Waals surface area (Å²) in [4.78, 5) is 21.9. The van der Waals surface area contributed by atoms with Gasteiger partial charge in [-0.25, -0.2) is 0 Å². The molecule has 2 aliphatic carbocycles. The summed E-state index contributed by atoms with van der Waals surface area (Å²) in [6.45, 7) is 1.86. The average molecular weight is 182 g/mol. The maximum atomic E-state index is 11.4. The van der Waals surface area contributed by atoms with Crippen LogP contribution in [0.25, 0.3) is 0 Å². The van der Waals surface area contributed by atoms with Crippen molar-refractivity contribution in [3.05, 3.63) is 0 Å². The topological polar surface area (TPSA) is 43.4 Å². The minimum atomic E-state index is -0.241. The number of fused-ring (bicyclic) bond motifs is 2. The van der Waals surface area contributed by atoms with Crippen LogP contribution in [-0.2, 0) is 14.3 Å². The molecule has 3 nitrogen and oxygen atoms in total. The van der Waals surface area contributed by atoms with Crippen LogP contribution in [0.5, 0.6) is 0 Å². The molecular formula is C10H14O3. The van der Waals surface area contributed by atoms with Crippen LogP contribution in [0, 0.1) is 17.8 Å².